The second kappa shape index (κ2) is 7.10. The molecule has 0 radical (unpaired) electrons. The van der Waals surface area contributed by atoms with Gasteiger partial charge in [0.15, 0.2) is 5.76 Å². The summed E-state index contributed by atoms with van der Waals surface area (Å²) in [4.78, 5) is 30.9. The topological polar surface area (TPSA) is 80.8 Å². The lowest BCUT2D eigenvalue weighted by Gasteiger charge is -2.48. The fourth-order valence-electron chi connectivity index (χ4n) is 4.72. The average molecular weight is 368 g/mol. The molecule has 2 amide bonds. The predicted molar refractivity (Wildman–Crippen MR) is 97.3 cm³/mol. The van der Waals surface area contributed by atoms with Crippen LogP contribution in [0.1, 0.15) is 36.2 Å². The van der Waals surface area contributed by atoms with Crippen molar-refractivity contribution in [2.45, 2.75) is 31.7 Å². The molecule has 1 saturated carbocycles. The molecule has 2 aliphatic heterocycles. The van der Waals surface area contributed by atoms with Crippen molar-refractivity contribution in [2.24, 2.45) is 5.92 Å². The predicted octanol–water partition coefficient (Wildman–Crippen LogP) is 1.85. The molecule has 142 valence electrons. The summed E-state index contributed by atoms with van der Waals surface area (Å²) in [6.07, 6.45) is 5.75. The summed E-state index contributed by atoms with van der Waals surface area (Å²) in [7, 11) is 1.82. The van der Waals surface area contributed by atoms with Crippen LogP contribution in [0.5, 0.6) is 0 Å². The zero-order valence-electron chi connectivity index (χ0n) is 15.6. The number of carbonyl (C=O) groups is 2. The molecular weight excluding hydrogens is 344 g/mol. The lowest BCUT2D eigenvalue weighted by atomic mass is 9.77. The summed E-state index contributed by atoms with van der Waals surface area (Å²) in [5.41, 5.74) is 1.20. The second-order valence-corrected chi connectivity index (χ2v) is 7.50. The van der Waals surface area contributed by atoms with E-state index in [1.807, 2.05) is 7.05 Å². The van der Waals surface area contributed by atoms with Crippen molar-refractivity contribution in [2.75, 3.05) is 33.2 Å². The normalized spacial score (nSPS) is 26.1. The third-order valence-electron chi connectivity index (χ3n) is 6.12. The van der Waals surface area contributed by atoms with Crippen molar-refractivity contribution >= 4 is 11.8 Å². The van der Waals surface area contributed by atoms with Crippen LogP contribution in [0.3, 0.4) is 0 Å². The Bertz CT molecular complexity index is 800. The van der Waals surface area contributed by atoms with E-state index in [2.05, 4.69) is 11.0 Å². The molecule has 0 aromatic carbocycles. The van der Waals surface area contributed by atoms with Gasteiger partial charge in [0.1, 0.15) is 11.6 Å². The molecule has 2 unspecified atom stereocenters. The third-order valence-corrected chi connectivity index (χ3v) is 6.12. The van der Waals surface area contributed by atoms with E-state index >= 15 is 0 Å². The van der Waals surface area contributed by atoms with Crippen LogP contribution in [0.2, 0.25) is 0 Å². The Balaban J connectivity index is 1.55. The second-order valence-electron chi connectivity index (χ2n) is 7.50. The highest BCUT2D eigenvalue weighted by molar-refractivity contribution is 5.99. The van der Waals surface area contributed by atoms with Crippen LogP contribution in [0.4, 0.5) is 0 Å². The molecule has 4 rings (SSSR count). The molecule has 3 heterocycles. The Morgan fingerprint density at radius 2 is 1.96 bits per heavy atom. The first-order chi connectivity index (χ1) is 13.1. The SMILES string of the molecule is CN1C(=O)C(C#N)=C(N2CCN(C(=O)c3ccco3)CC2)C2CCCCC21. The Morgan fingerprint density at radius 1 is 1.22 bits per heavy atom. The van der Waals surface area contributed by atoms with Gasteiger partial charge in [0.05, 0.1) is 6.26 Å². The van der Waals surface area contributed by atoms with Crippen LogP contribution in [0.15, 0.2) is 34.1 Å². The van der Waals surface area contributed by atoms with Crippen molar-refractivity contribution in [3.05, 3.63) is 35.4 Å². The summed E-state index contributed by atoms with van der Waals surface area (Å²) in [6.45, 7) is 2.38. The maximum absolute atomic E-state index is 12.7. The molecule has 1 aromatic rings. The van der Waals surface area contributed by atoms with Gasteiger partial charge in [0.2, 0.25) is 0 Å². The maximum atomic E-state index is 12.7. The van der Waals surface area contributed by atoms with Crippen LogP contribution in [0, 0.1) is 17.2 Å². The summed E-state index contributed by atoms with van der Waals surface area (Å²) in [5.74, 6) is 0.305. The Hall–Kier alpha value is -2.75. The lowest BCUT2D eigenvalue weighted by Crippen LogP contribution is -2.55. The summed E-state index contributed by atoms with van der Waals surface area (Å²) >= 11 is 0. The van der Waals surface area contributed by atoms with Gasteiger partial charge in [0.25, 0.3) is 11.8 Å². The molecule has 2 atom stereocenters. The van der Waals surface area contributed by atoms with Gasteiger partial charge in [-0.2, -0.15) is 5.26 Å². The zero-order valence-corrected chi connectivity index (χ0v) is 15.6. The molecule has 0 N–H and O–H groups in total. The van der Waals surface area contributed by atoms with Gasteiger partial charge in [-0.05, 0) is 25.0 Å². The highest BCUT2D eigenvalue weighted by atomic mass is 16.3. The van der Waals surface area contributed by atoms with Crippen LogP contribution in [-0.4, -0.2) is 65.8 Å². The van der Waals surface area contributed by atoms with Gasteiger partial charge in [-0.15, -0.1) is 0 Å². The van der Waals surface area contributed by atoms with Gasteiger partial charge in [0, 0.05) is 50.9 Å². The minimum absolute atomic E-state index is 0.107. The fourth-order valence-corrected chi connectivity index (χ4v) is 4.72. The molecule has 2 fully saturated rings. The minimum Gasteiger partial charge on any atom is -0.459 e. The van der Waals surface area contributed by atoms with E-state index in [0.717, 1.165) is 31.4 Å². The number of nitrogens with zero attached hydrogens (tertiary/aromatic N) is 4. The highest BCUT2D eigenvalue weighted by Gasteiger charge is 2.43. The zero-order chi connectivity index (χ0) is 19.0. The molecule has 7 heteroatoms. The first kappa shape index (κ1) is 17.7. The van der Waals surface area contributed by atoms with Crippen molar-refractivity contribution in [3.8, 4) is 6.07 Å². The number of hydrogen-bond donors (Lipinski definition) is 0. The van der Waals surface area contributed by atoms with E-state index in [4.69, 9.17) is 4.42 Å². The molecule has 7 nitrogen and oxygen atoms in total. The van der Waals surface area contributed by atoms with Gasteiger partial charge in [-0.25, -0.2) is 0 Å². The number of nitriles is 1. The lowest BCUT2D eigenvalue weighted by molar-refractivity contribution is -0.130. The van der Waals surface area contributed by atoms with Crippen LogP contribution < -0.4 is 0 Å². The number of carbonyl (C=O) groups excluding carboxylic acids is 2. The quantitative estimate of drug-likeness (QED) is 0.796. The molecular formula is C20H24N4O3. The van der Waals surface area contributed by atoms with E-state index in [1.165, 1.54) is 6.26 Å². The van der Waals surface area contributed by atoms with Crippen molar-refractivity contribution in [3.63, 3.8) is 0 Å². The molecule has 0 bridgehead atoms. The highest BCUT2D eigenvalue weighted by Crippen LogP contribution is 2.40. The molecule has 1 saturated heterocycles. The summed E-state index contributed by atoms with van der Waals surface area (Å²) in [6, 6.07) is 5.74. The van der Waals surface area contributed by atoms with Crippen LogP contribution in [-0.2, 0) is 4.79 Å². The number of amides is 2. The van der Waals surface area contributed by atoms with Gasteiger partial charge in [-0.3, -0.25) is 9.59 Å². The van der Waals surface area contributed by atoms with Gasteiger partial charge < -0.3 is 19.1 Å². The fraction of sp³-hybridized carbons (Fsp3) is 0.550. The van der Waals surface area contributed by atoms with Crippen LogP contribution in [0.25, 0.3) is 0 Å². The number of piperazine rings is 1. The number of likely N-dealkylation sites (N-methyl/N-ethyl adjacent to an activating group) is 1. The molecule has 27 heavy (non-hydrogen) atoms. The van der Waals surface area contributed by atoms with Gasteiger partial charge >= 0.3 is 0 Å². The molecule has 1 aliphatic carbocycles. The van der Waals surface area contributed by atoms with Crippen LogP contribution >= 0.6 is 0 Å². The number of hydrogen-bond acceptors (Lipinski definition) is 5. The summed E-state index contributed by atoms with van der Waals surface area (Å²) in [5, 5.41) is 9.68. The third kappa shape index (κ3) is 2.99. The Labute approximate surface area is 158 Å². The first-order valence-corrected chi connectivity index (χ1v) is 9.61. The molecule has 3 aliphatic rings. The van der Waals surface area contributed by atoms with Crippen molar-refractivity contribution < 1.29 is 14.0 Å². The Kier molecular flexibility index (Phi) is 4.65. The largest absolute Gasteiger partial charge is 0.459 e. The Morgan fingerprint density at radius 3 is 2.63 bits per heavy atom. The maximum Gasteiger partial charge on any atom is 0.289 e. The van der Waals surface area contributed by atoms with Crippen molar-refractivity contribution in [1.29, 1.82) is 5.26 Å². The number of fused-ring (bicyclic) bond motifs is 1. The number of furan rings is 1. The van der Waals surface area contributed by atoms with Gasteiger partial charge in [-0.1, -0.05) is 12.8 Å². The molecule has 1 aromatic heterocycles. The average Bonchev–Trinajstić information content (AvgIpc) is 3.25. The smallest absolute Gasteiger partial charge is 0.289 e. The van der Waals surface area contributed by atoms with E-state index in [-0.39, 0.29) is 29.3 Å². The van der Waals surface area contributed by atoms with E-state index in [0.29, 0.717) is 31.9 Å². The standard InChI is InChI=1S/C20H24N4O3/c1-22-16-6-3-2-5-14(16)18(15(13-21)19(22)25)23-8-10-24(11-9-23)20(26)17-7-4-12-27-17/h4,7,12,14,16H,2-3,5-6,8-11H2,1H3. The first-order valence-electron chi connectivity index (χ1n) is 9.61. The van der Waals surface area contributed by atoms with E-state index in [9.17, 15) is 14.9 Å². The number of rotatable bonds is 2. The van der Waals surface area contributed by atoms with Crippen molar-refractivity contribution in [1.82, 2.24) is 14.7 Å². The minimum atomic E-state index is -0.162. The van der Waals surface area contributed by atoms with E-state index < -0.39 is 0 Å². The summed E-state index contributed by atoms with van der Waals surface area (Å²) < 4.78 is 5.22. The monoisotopic (exact) mass is 368 g/mol. The molecule has 0 spiro atoms. The van der Waals surface area contributed by atoms with E-state index in [1.54, 1.807) is 21.9 Å².